The number of benzene rings is 2. The summed E-state index contributed by atoms with van der Waals surface area (Å²) in [5, 5.41) is 13.9. The van der Waals surface area contributed by atoms with Crippen molar-refractivity contribution in [3.8, 4) is 0 Å². The minimum Gasteiger partial charge on any atom is -0.354 e. The van der Waals surface area contributed by atoms with E-state index >= 15 is 0 Å². The smallest absolute Gasteiger partial charge is 0.270 e. The number of carbonyl (C=O) groups is 1. The predicted molar refractivity (Wildman–Crippen MR) is 107 cm³/mol. The molecule has 1 saturated heterocycles. The van der Waals surface area contributed by atoms with Gasteiger partial charge in [0.2, 0.25) is 0 Å². The summed E-state index contributed by atoms with van der Waals surface area (Å²) >= 11 is 0. The summed E-state index contributed by atoms with van der Waals surface area (Å²) in [6.45, 7) is 3.45. The first-order chi connectivity index (χ1) is 13.5. The number of rotatable bonds is 4. The van der Waals surface area contributed by atoms with Gasteiger partial charge < -0.3 is 10.2 Å². The third-order valence-electron chi connectivity index (χ3n) is 4.87. The van der Waals surface area contributed by atoms with Crippen LogP contribution in [0.5, 0.6) is 0 Å². The third kappa shape index (κ3) is 3.36. The van der Waals surface area contributed by atoms with Gasteiger partial charge in [0.25, 0.3) is 11.6 Å². The van der Waals surface area contributed by atoms with Crippen molar-refractivity contribution in [2.75, 3.05) is 23.3 Å². The standard InChI is InChI=1S/C20H19N5O3/c1-13-8-9-14(25(27)28)12-15(13)20(26)23-18-19(24-10-4-5-11-24)22-17-7-3-2-6-16(17)21-18/h2-3,6-9,12H,4-5,10-11H2,1H3,(H,21,23,26). The maximum atomic E-state index is 12.9. The number of hydrogen-bond donors (Lipinski definition) is 1. The molecule has 2 aromatic carbocycles. The van der Waals surface area contributed by atoms with Gasteiger partial charge in [-0.2, -0.15) is 0 Å². The summed E-state index contributed by atoms with van der Waals surface area (Å²) in [5.41, 5.74) is 2.21. The lowest BCUT2D eigenvalue weighted by Crippen LogP contribution is -2.23. The summed E-state index contributed by atoms with van der Waals surface area (Å²) in [6.07, 6.45) is 2.12. The Bertz CT molecular complexity index is 1080. The number of aryl methyl sites for hydroxylation is 1. The molecule has 0 saturated carbocycles. The Labute approximate surface area is 161 Å². The van der Waals surface area contributed by atoms with Crippen LogP contribution in [0.4, 0.5) is 17.3 Å². The van der Waals surface area contributed by atoms with E-state index in [4.69, 9.17) is 4.98 Å². The summed E-state index contributed by atoms with van der Waals surface area (Å²) in [5.74, 6) is 0.565. The summed E-state index contributed by atoms with van der Waals surface area (Å²) in [7, 11) is 0. The SMILES string of the molecule is Cc1ccc([N+](=O)[O-])cc1C(=O)Nc1nc2ccccc2nc1N1CCCC1. The zero-order valence-electron chi connectivity index (χ0n) is 15.4. The molecule has 1 N–H and O–H groups in total. The second-order valence-corrected chi connectivity index (χ2v) is 6.79. The first kappa shape index (κ1) is 17.8. The van der Waals surface area contributed by atoms with Gasteiger partial charge in [0.05, 0.1) is 16.0 Å². The molecular formula is C20H19N5O3. The molecule has 1 fully saturated rings. The Kier molecular flexibility index (Phi) is 4.60. The van der Waals surface area contributed by atoms with Crippen molar-refractivity contribution < 1.29 is 9.72 Å². The monoisotopic (exact) mass is 377 g/mol. The van der Waals surface area contributed by atoms with Crippen LogP contribution in [0.1, 0.15) is 28.8 Å². The maximum Gasteiger partial charge on any atom is 0.270 e. The van der Waals surface area contributed by atoms with Gasteiger partial charge in [-0.3, -0.25) is 14.9 Å². The Morgan fingerprint density at radius 1 is 1.11 bits per heavy atom. The van der Waals surface area contributed by atoms with Crippen LogP contribution in [0, 0.1) is 17.0 Å². The van der Waals surface area contributed by atoms with Crippen molar-refractivity contribution in [1.82, 2.24) is 9.97 Å². The number of amides is 1. The fourth-order valence-corrected chi connectivity index (χ4v) is 3.37. The molecule has 1 aromatic heterocycles. The Morgan fingerprint density at radius 3 is 2.46 bits per heavy atom. The second-order valence-electron chi connectivity index (χ2n) is 6.79. The normalized spacial score (nSPS) is 13.7. The lowest BCUT2D eigenvalue weighted by atomic mass is 10.1. The van der Waals surface area contributed by atoms with E-state index in [-0.39, 0.29) is 11.3 Å². The fraction of sp³-hybridized carbons (Fsp3) is 0.250. The van der Waals surface area contributed by atoms with E-state index in [0.717, 1.165) is 31.4 Å². The number of nitro benzene ring substituents is 1. The van der Waals surface area contributed by atoms with Crippen molar-refractivity contribution >= 4 is 34.3 Å². The molecule has 0 unspecified atom stereocenters. The summed E-state index contributed by atoms with van der Waals surface area (Å²) < 4.78 is 0. The Balaban J connectivity index is 1.74. The number of anilines is 2. The molecule has 142 valence electrons. The number of carbonyl (C=O) groups excluding carboxylic acids is 1. The number of fused-ring (bicyclic) bond motifs is 1. The van der Waals surface area contributed by atoms with E-state index in [9.17, 15) is 14.9 Å². The zero-order valence-corrected chi connectivity index (χ0v) is 15.4. The predicted octanol–water partition coefficient (Wildman–Crippen LogP) is 3.70. The van der Waals surface area contributed by atoms with Crippen molar-refractivity contribution in [1.29, 1.82) is 0 Å². The lowest BCUT2D eigenvalue weighted by molar-refractivity contribution is -0.384. The molecule has 8 heteroatoms. The number of aromatic nitrogens is 2. The van der Waals surface area contributed by atoms with E-state index in [2.05, 4.69) is 15.2 Å². The number of para-hydroxylation sites is 2. The van der Waals surface area contributed by atoms with Crippen molar-refractivity contribution in [3.63, 3.8) is 0 Å². The van der Waals surface area contributed by atoms with Crippen molar-refractivity contribution in [2.24, 2.45) is 0 Å². The van der Waals surface area contributed by atoms with E-state index in [1.165, 1.54) is 12.1 Å². The molecule has 3 aromatic rings. The topological polar surface area (TPSA) is 101 Å². The van der Waals surface area contributed by atoms with Crippen LogP contribution in [0.3, 0.4) is 0 Å². The molecule has 8 nitrogen and oxygen atoms in total. The van der Waals surface area contributed by atoms with Gasteiger partial charge in [0.1, 0.15) is 0 Å². The maximum absolute atomic E-state index is 12.9. The Morgan fingerprint density at radius 2 is 1.79 bits per heavy atom. The van der Waals surface area contributed by atoms with Gasteiger partial charge in [-0.25, -0.2) is 9.97 Å². The van der Waals surface area contributed by atoms with Crippen LogP contribution < -0.4 is 10.2 Å². The number of nitrogens with one attached hydrogen (secondary N) is 1. The molecule has 0 bridgehead atoms. The molecule has 1 aliphatic rings. The minimum absolute atomic E-state index is 0.125. The molecule has 1 amide bonds. The van der Waals surface area contributed by atoms with Crippen molar-refractivity contribution in [2.45, 2.75) is 19.8 Å². The lowest BCUT2D eigenvalue weighted by Gasteiger charge is -2.20. The summed E-state index contributed by atoms with van der Waals surface area (Å²) in [6, 6.07) is 11.7. The quantitative estimate of drug-likeness (QED) is 0.549. The largest absolute Gasteiger partial charge is 0.354 e. The van der Waals surface area contributed by atoms with E-state index in [1.54, 1.807) is 13.0 Å². The third-order valence-corrected chi connectivity index (χ3v) is 4.87. The average Bonchev–Trinajstić information content (AvgIpc) is 3.22. The first-order valence-electron chi connectivity index (χ1n) is 9.11. The minimum atomic E-state index is -0.512. The van der Waals surface area contributed by atoms with Crippen LogP contribution in [-0.4, -0.2) is 33.9 Å². The van der Waals surface area contributed by atoms with Gasteiger partial charge in [-0.1, -0.05) is 18.2 Å². The molecule has 4 rings (SSSR count). The highest BCUT2D eigenvalue weighted by Gasteiger charge is 2.22. The number of hydrogen-bond acceptors (Lipinski definition) is 6. The molecular weight excluding hydrogens is 358 g/mol. The molecule has 1 aliphatic heterocycles. The van der Waals surface area contributed by atoms with Crippen LogP contribution in [0.25, 0.3) is 11.0 Å². The van der Waals surface area contributed by atoms with Crippen LogP contribution >= 0.6 is 0 Å². The molecule has 0 atom stereocenters. The number of nitrogens with zero attached hydrogens (tertiary/aromatic N) is 4. The molecule has 2 heterocycles. The average molecular weight is 377 g/mol. The number of nitro groups is 1. The highest BCUT2D eigenvalue weighted by molar-refractivity contribution is 6.06. The van der Waals surface area contributed by atoms with Crippen LogP contribution in [0.2, 0.25) is 0 Å². The van der Waals surface area contributed by atoms with E-state index < -0.39 is 10.8 Å². The Hall–Kier alpha value is -3.55. The van der Waals surface area contributed by atoms with E-state index in [0.29, 0.717) is 22.7 Å². The summed E-state index contributed by atoms with van der Waals surface area (Å²) in [4.78, 5) is 34.9. The van der Waals surface area contributed by atoms with Gasteiger partial charge in [0, 0.05) is 30.8 Å². The van der Waals surface area contributed by atoms with Gasteiger partial charge in [0.15, 0.2) is 11.6 Å². The fourth-order valence-electron chi connectivity index (χ4n) is 3.37. The van der Waals surface area contributed by atoms with E-state index in [1.807, 2.05) is 24.3 Å². The number of non-ortho nitro benzene ring substituents is 1. The highest BCUT2D eigenvalue weighted by atomic mass is 16.6. The highest BCUT2D eigenvalue weighted by Crippen LogP contribution is 2.28. The van der Waals surface area contributed by atoms with Crippen LogP contribution in [-0.2, 0) is 0 Å². The molecule has 0 aliphatic carbocycles. The molecule has 28 heavy (non-hydrogen) atoms. The molecule has 0 spiro atoms. The second kappa shape index (κ2) is 7.22. The van der Waals surface area contributed by atoms with Crippen molar-refractivity contribution in [3.05, 3.63) is 63.7 Å². The van der Waals surface area contributed by atoms with Gasteiger partial charge in [-0.05, 0) is 37.5 Å². The zero-order chi connectivity index (χ0) is 19.7. The van der Waals surface area contributed by atoms with Crippen LogP contribution in [0.15, 0.2) is 42.5 Å². The van der Waals surface area contributed by atoms with Gasteiger partial charge >= 0.3 is 0 Å². The molecule has 0 radical (unpaired) electrons. The van der Waals surface area contributed by atoms with Gasteiger partial charge in [-0.15, -0.1) is 0 Å². The first-order valence-corrected chi connectivity index (χ1v) is 9.11.